The minimum Gasteiger partial charge on any atom is -0.330 e. The number of nitrogens with one attached hydrogen (secondary N) is 1. The summed E-state index contributed by atoms with van der Waals surface area (Å²) in [6, 6.07) is 0. The molecule has 2 rings (SSSR count). The van der Waals surface area contributed by atoms with Crippen LogP contribution in [0.15, 0.2) is 5.38 Å². The number of thiazole rings is 1. The van der Waals surface area contributed by atoms with E-state index in [4.69, 9.17) is 5.73 Å². The molecular formula is C11H18ClN3OS. The van der Waals surface area contributed by atoms with Crippen LogP contribution in [-0.4, -0.2) is 17.4 Å². The lowest BCUT2D eigenvalue weighted by molar-refractivity contribution is -0.120. The van der Waals surface area contributed by atoms with Gasteiger partial charge in [-0.05, 0) is 32.2 Å². The van der Waals surface area contributed by atoms with E-state index in [-0.39, 0.29) is 24.2 Å². The van der Waals surface area contributed by atoms with Crippen LogP contribution < -0.4 is 11.1 Å². The smallest absolute Gasteiger partial charge is 0.229 e. The maximum atomic E-state index is 12.0. The summed E-state index contributed by atoms with van der Waals surface area (Å²) in [7, 11) is 0. The molecule has 0 saturated heterocycles. The number of amides is 1. The number of aromatic nitrogens is 1. The Kier molecular flexibility index (Phi) is 5.36. The normalized spacial score (nSPS) is 23.2. The third-order valence-electron chi connectivity index (χ3n) is 3.15. The van der Waals surface area contributed by atoms with Crippen LogP contribution in [0.2, 0.25) is 0 Å². The Labute approximate surface area is 111 Å². The molecule has 2 atom stereocenters. The van der Waals surface area contributed by atoms with E-state index in [1.165, 1.54) is 11.3 Å². The number of nitrogens with zero attached hydrogens (tertiary/aromatic N) is 1. The molecule has 1 saturated carbocycles. The van der Waals surface area contributed by atoms with E-state index in [1.54, 1.807) is 0 Å². The van der Waals surface area contributed by atoms with Gasteiger partial charge in [-0.3, -0.25) is 4.79 Å². The molecule has 1 aliphatic rings. The van der Waals surface area contributed by atoms with Gasteiger partial charge in [-0.2, -0.15) is 0 Å². The van der Waals surface area contributed by atoms with Crippen molar-refractivity contribution in [3.8, 4) is 0 Å². The van der Waals surface area contributed by atoms with Crippen molar-refractivity contribution in [1.29, 1.82) is 0 Å². The highest BCUT2D eigenvalue weighted by atomic mass is 35.5. The van der Waals surface area contributed by atoms with Crippen molar-refractivity contribution in [3.63, 3.8) is 0 Å². The van der Waals surface area contributed by atoms with Gasteiger partial charge in [-0.25, -0.2) is 4.98 Å². The standard InChI is InChI=1S/C11H17N3OS.ClH/c1-7-6-16-11(13-7)14-10(15)9-4-2-3-8(9)5-12;/h6,8-9H,2-5,12H2,1H3,(H,13,14,15);1H/t8-,9-;/m1./s1. The second kappa shape index (κ2) is 6.33. The molecule has 6 heteroatoms. The van der Waals surface area contributed by atoms with Gasteiger partial charge in [0, 0.05) is 11.3 Å². The van der Waals surface area contributed by atoms with Crippen LogP contribution in [0, 0.1) is 18.8 Å². The molecule has 0 unspecified atom stereocenters. The summed E-state index contributed by atoms with van der Waals surface area (Å²) < 4.78 is 0. The Hall–Kier alpha value is -0.650. The Morgan fingerprint density at radius 3 is 3.00 bits per heavy atom. The van der Waals surface area contributed by atoms with Gasteiger partial charge in [0.2, 0.25) is 5.91 Å². The topological polar surface area (TPSA) is 68.0 Å². The van der Waals surface area contributed by atoms with Crippen LogP contribution in [-0.2, 0) is 4.79 Å². The van der Waals surface area contributed by atoms with Crippen molar-refractivity contribution in [1.82, 2.24) is 4.98 Å². The summed E-state index contributed by atoms with van der Waals surface area (Å²) in [6.45, 7) is 2.53. The van der Waals surface area contributed by atoms with E-state index >= 15 is 0 Å². The number of rotatable bonds is 3. The van der Waals surface area contributed by atoms with Crippen LogP contribution in [0.5, 0.6) is 0 Å². The average Bonchev–Trinajstić information content (AvgIpc) is 2.86. The van der Waals surface area contributed by atoms with Crippen LogP contribution in [0.25, 0.3) is 0 Å². The predicted molar refractivity (Wildman–Crippen MR) is 72.6 cm³/mol. The summed E-state index contributed by atoms with van der Waals surface area (Å²) in [4.78, 5) is 16.2. The lowest BCUT2D eigenvalue weighted by Gasteiger charge is -2.16. The molecular weight excluding hydrogens is 258 g/mol. The van der Waals surface area contributed by atoms with Crippen molar-refractivity contribution >= 4 is 34.8 Å². The Balaban J connectivity index is 0.00000144. The number of hydrogen-bond donors (Lipinski definition) is 2. The van der Waals surface area contributed by atoms with Crippen LogP contribution in [0.1, 0.15) is 25.0 Å². The van der Waals surface area contributed by atoms with Gasteiger partial charge >= 0.3 is 0 Å². The number of anilines is 1. The highest BCUT2D eigenvalue weighted by Gasteiger charge is 2.32. The predicted octanol–water partition coefficient (Wildman–Crippen LogP) is 2.19. The maximum absolute atomic E-state index is 12.0. The monoisotopic (exact) mass is 275 g/mol. The zero-order valence-electron chi connectivity index (χ0n) is 9.81. The summed E-state index contributed by atoms with van der Waals surface area (Å²) in [5.41, 5.74) is 6.61. The molecule has 0 aliphatic heterocycles. The third-order valence-corrected chi connectivity index (χ3v) is 4.02. The van der Waals surface area contributed by atoms with Gasteiger partial charge in [-0.1, -0.05) is 6.42 Å². The van der Waals surface area contributed by atoms with Gasteiger partial charge in [0.15, 0.2) is 5.13 Å². The molecule has 1 amide bonds. The first-order chi connectivity index (χ1) is 7.70. The summed E-state index contributed by atoms with van der Waals surface area (Å²) in [6.07, 6.45) is 3.14. The number of aryl methyl sites for hydroxylation is 1. The number of carbonyl (C=O) groups is 1. The van der Waals surface area contributed by atoms with E-state index in [0.29, 0.717) is 17.6 Å². The van der Waals surface area contributed by atoms with Gasteiger partial charge < -0.3 is 11.1 Å². The van der Waals surface area contributed by atoms with Crippen molar-refractivity contribution in [2.24, 2.45) is 17.6 Å². The minimum absolute atomic E-state index is 0. The van der Waals surface area contributed by atoms with Gasteiger partial charge in [0.05, 0.1) is 5.69 Å². The lowest BCUT2D eigenvalue weighted by atomic mass is 9.95. The van der Waals surface area contributed by atoms with Crippen LogP contribution in [0.4, 0.5) is 5.13 Å². The summed E-state index contributed by atoms with van der Waals surface area (Å²) in [5.74, 6) is 0.512. The van der Waals surface area contributed by atoms with Crippen molar-refractivity contribution in [2.75, 3.05) is 11.9 Å². The maximum Gasteiger partial charge on any atom is 0.229 e. The summed E-state index contributed by atoms with van der Waals surface area (Å²) >= 11 is 1.47. The van der Waals surface area contributed by atoms with E-state index in [0.717, 1.165) is 25.0 Å². The van der Waals surface area contributed by atoms with Crippen molar-refractivity contribution in [3.05, 3.63) is 11.1 Å². The Bertz CT molecular complexity index is 383. The largest absolute Gasteiger partial charge is 0.330 e. The lowest BCUT2D eigenvalue weighted by Crippen LogP contribution is -2.29. The first-order valence-corrected chi connectivity index (χ1v) is 6.51. The molecule has 1 fully saturated rings. The minimum atomic E-state index is 0. The number of halogens is 1. The third kappa shape index (κ3) is 3.40. The quantitative estimate of drug-likeness (QED) is 0.888. The molecule has 96 valence electrons. The van der Waals surface area contributed by atoms with E-state index in [2.05, 4.69) is 10.3 Å². The second-order valence-electron chi connectivity index (χ2n) is 4.32. The van der Waals surface area contributed by atoms with Crippen molar-refractivity contribution in [2.45, 2.75) is 26.2 Å². The molecule has 4 nitrogen and oxygen atoms in total. The molecule has 1 aromatic rings. The Morgan fingerprint density at radius 2 is 2.41 bits per heavy atom. The molecule has 17 heavy (non-hydrogen) atoms. The molecule has 3 N–H and O–H groups in total. The number of hydrogen-bond acceptors (Lipinski definition) is 4. The Morgan fingerprint density at radius 1 is 1.65 bits per heavy atom. The fourth-order valence-electron chi connectivity index (χ4n) is 2.27. The SMILES string of the molecule is Cc1csc(NC(=O)[C@@H]2CCC[C@@H]2CN)n1.Cl. The van der Waals surface area contributed by atoms with E-state index < -0.39 is 0 Å². The zero-order valence-corrected chi connectivity index (χ0v) is 11.4. The zero-order chi connectivity index (χ0) is 11.5. The molecule has 0 spiro atoms. The first kappa shape index (κ1) is 14.4. The molecule has 0 radical (unpaired) electrons. The van der Waals surface area contributed by atoms with Gasteiger partial charge in [0.1, 0.15) is 0 Å². The van der Waals surface area contributed by atoms with Gasteiger partial charge in [0.25, 0.3) is 0 Å². The fourth-order valence-corrected chi connectivity index (χ4v) is 2.96. The molecule has 1 aromatic heterocycles. The average molecular weight is 276 g/mol. The van der Waals surface area contributed by atoms with E-state index in [1.807, 2.05) is 12.3 Å². The highest BCUT2D eigenvalue weighted by molar-refractivity contribution is 7.13. The van der Waals surface area contributed by atoms with E-state index in [9.17, 15) is 4.79 Å². The van der Waals surface area contributed by atoms with Crippen LogP contribution in [0.3, 0.4) is 0 Å². The molecule has 1 aliphatic carbocycles. The molecule has 1 heterocycles. The first-order valence-electron chi connectivity index (χ1n) is 5.63. The van der Waals surface area contributed by atoms with Crippen molar-refractivity contribution < 1.29 is 4.79 Å². The number of nitrogens with two attached hydrogens (primary N) is 1. The highest BCUT2D eigenvalue weighted by Crippen LogP contribution is 2.32. The molecule has 0 aromatic carbocycles. The summed E-state index contributed by atoms with van der Waals surface area (Å²) in [5, 5.41) is 5.52. The second-order valence-corrected chi connectivity index (χ2v) is 5.17. The number of carbonyl (C=O) groups excluding carboxylic acids is 1. The van der Waals surface area contributed by atoms with Gasteiger partial charge in [-0.15, -0.1) is 23.7 Å². The molecule has 0 bridgehead atoms. The van der Waals surface area contributed by atoms with Crippen LogP contribution >= 0.6 is 23.7 Å². The fraction of sp³-hybridized carbons (Fsp3) is 0.636.